The first-order valence-corrected chi connectivity index (χ1v) is 4.40. The van der Waals surface area contributed by atoms with Gasteiger partial charge in [-0.05, 0) is 18.6 Å². The standard InChI is InChI=1S/C10H13NO4/c1-5-2-6(8(11)4-12)9(13)7(3-5)10(14)15/h2-3,8,12-13H,4,11H2,1H3,(H,14,15)/t8-/m0/s1. The van der Waals surface area contributed by atoms with Crippen LogP contribution in [-0.2, 0) is 0 Å². The van der Waals surface area contributed by atoms with Gasteiger partial charge in [0.25, 0.3) is 0 Å². The van der Waals surface area contributed by atoms with Crippen molar-refractivity contribution < 1.29 is 20.1 Å². The van der Waals surface area contributed by atoms with Gasteiger partial charge in [0.1, 0.15) is 11.3 Å². The van der Waals surface area contributed by atoms with Crippen molar-refractivity contribution >= 4 is 5.97 Å². The van der Waals surface area contributed by atoms with Crippen molar-refractivity contribution in [3.8, 4) is 5.75 Å². The smallest absolute Gasteiger partial charge is 0.339 e. The fourth-order valence-electron chi connectivity index (χ4n) is 1.35. The molecule has 1 atom stereocenters. The fraction of sp³-hybridized carbons (Fsp3) is 0.300. The van der Waals surface area contributed by atoms with E-state index in [4.69, 9.17) is 15.9 Å². The first kappa shape index (κ1) is 11.5. The maximum atomic E-state index is 10.8. The lowest BCUT2D eigenvalue weighted by molar-refractivity contribution is 0.0693. The molecule has 0 bridgehead atoms. The van der Waals surface area contributed by atoms with Gasteiger partial charge in [-0.15, -0.1) is 0 Å². The summed E-state index contributed by atoms with van der Waals surface area (Å²) in [6.07, 6.45) is 0. The average Bonchev–Trinajstić information content (AvgIpc) is 2.19. The number of phenols is 1. The number of benzene rings is 1. The zero-order valence-electron chi connectivity index (χ0n) is 8.27. The van der Waals surface area contributed by atoms with Crippen LogP contribution >= 0.6 is 0 Å². The molecule has 0 heterocycles. The van der Waals surface area contributed by atoms with Crippen LogP contribution in [0.1, 0.15) is 27.5 Å². The summed E-state index contributed by atoms with van der Waals surface area (Å²) in [6.45, 7) is 1.34. The van der Waals surface area contributed by atoms with E-state index in [1.807, 2.05) is 0 Å². The molecule has 0 radical (unpaired) electrons. The van der Waals surface area contributed by atoms with E-state index in [9.17, 15) is 9.90 Å². The summed E-state index contributed by atoms with van der Waals surface area (Å²) in [5.41, 5.74) is 6.25. The van der Waals surface area contributed by atoms with E-state index >= 15 is 0 Å². The number of aromatic hydroxyl groups is 1. The van der Waals surface area contributed by atoms with Crippen molar-refractivity contribution in [2.45, 2.75) is 13.0 Å². The Labute approximate surface area is 86.8 Å². The molecule has 0 aliphatic rings. The molecular formula is C10H13NO4. The second-order valence-electron chi connectivity index (χ2n) is 3.34. The molecule has 0 aliphatic heterocycles. The SMILES string of the molecule is Cc1cc(C(=O)O)c(O)c([C@@H](N)CO)c1. The molecule has 5 heteroatoms. The minimum Gasteiger partial charge on any atom is -0.507 e. The summed E-state index contributed by atoms with van der Waals surface area (Å²) in [4.78, 5) is 10.8. The Morgan fingerprint density at radius 1 is 1.53 bits per heavy atom. The molecule has 0 fully saturated rings. The molecule has 0 aliphatic carbocycles. The molecule has 0 spiro atoms. The van der Waals surface area contributed by atoms with Gasteiger partial charge in [0.05, 0.1) is 12.6 Å². The second kappa shape index (κ2) is 4.29. The van der Waals surface area contributed by atoms with Crippen LogP contribution in [0.4, 0.5) is 0 Å². The molecule has 0 amide bonds. The fourth-order valence-corrected chi connectivity index (χ4v) is 1.35. The molecule has 1 aromatic carbocycles. The topological polar surface area (TPSA) is 104 Å². The number of aliphatic hydroxyl groups excluding tert-OH is 1. The van der Waals surface area contributed by atoms with Crippen LogP contribution in [0.2, 0.25) is 0 Å². The summed E-state index contributed by atoms with van der Waals surface area (Å²) in [5.74, 6) is -1.60. The third kappa shape index (κ3) is 2.26. The van der Waals surface area contributed by atoms with Gasteiger partial charge in [0.15, 0.2) is 0 Å². The quantitative estimate of drug-likeness (QED) is 0.579. The number of carboxylic acid groups (broad SMARTS) is 1. The van der Waals surface area contributed by atoms with Gasteiger partial charge in [-0.3, -0.25) is 0 Å². The lowest BCUT2D eigenvalue weighted by atomic mass is 10.00. The summed E-state index contributed by atoms with van der Waals surface area (Å²) < 4.78 is 0. The van der Waals surface area contributed by atoms with Crippen molar-refractivity contribution in [2.75, 3.05) is 6.61 Å². The second-order valence-corrected chi connectivity index (χ2v) is 3.34. The number of rotatable bonds is 3. The minimum absolute atomic E-state index is 0.200. The van der Waals surface area contributed by atoms with Gasteiger partial charge in [-0.25, -0.2) is 4.79 Å². The number of aliphatic hydroxyl groups is 1. The number of hydrogen-bond acceptors (Lipinski definition) is 4. The molecular weight excluding hydrogens is 198 g/mol. The van der Waals surface area contributed by atoms with Crippen LogP contribution in [0.3, 0.4) is 0 Å². The molecule has 82 valence electrons. The Kier molecular flexibility index (Phi) is 3.28. The zero-order valence-corrected chi connectivity index (χ0v) is 8.27. The zero-order chi connectivity index (χ0) is 11.6. The highest BCUT2D eigenvalue weighted by Gasteiger charge is 2.18. The summed E-state index contributed by atoms with van der Waals surface area (Å²) in [6, 6.07) is 2.14. The highest BCUT2D eigenvalue weighted by molar-refractivity contribution is 5.91. The monoisotopic (exact) mass is 211 g/mol. The van der Waals surface area contributed by atoms with Crippen molar-refractivity contribution in [3.05, 3.63) is 28.8 Å². The molecule has 5 N–H and O–H groups in total. The average molecular weight is 211 g/mol. The van der Waals surface area contributed by atoms with Crippen molar-refractivity contribution in [1.29, 1.82) is 0 Å². The van der Waals surface area contributed by atoms with Crippen LogP contribution in [0.15, 0.2) is 12.1 Å². The van der Waals surface area contributed by atoms with E-state index in [1.54, 1.807) is 13.0 Å². The Bertz CT molecular complexity index is 389. The van der Waals surface area contributed by atoms with E-state index < -0.39 is 12.0 Å². The van der Waals surface area contributed by atoms with Crippen LogP contribution in [0.5, 0.6) is 5.75 Å². The largest absolute Gasteiger partial charge is 0.507 e. The van der Waals surface area contributed by atoms with E-state index in [0.29, 0.717) is 5.56 Å². The van der Waals surface area contributed by atoms with Gasteiger partial charge >= 0.3 is 5.97 Å². The normalized spacial score (nSPS) is 12.5. The summed E-state index contributed by atoms with van der Waals surface area (Å²) >= 11 is 0. The molecule has 5 nitrogen and oxygen atoms in total. The van der Waals surface area contributed by atoms with Gasteiger partial charge in [0.2, 0.25) is 0 Å². The molecule has 0 aromatic heterocycles. The highest BCUT2D eigenvalue weighted by Crippen LogP contribution is 2.28. The van der Waals surface area contributed by atoms with Gasteiger partial charge in [-0.2, -0.15) is 0 Å². The van der Waals surface area contributed by atoms with Gasteiger partial charge < -0.3 is 21.1 Å². The van der Waals surface area contributed by atoms with E-state index in [-0.39, 0.29) is 23.5 Å². The number of carboxylic acids is 1. The number of aryl methyl sites for hydroxylation is 1. The first-order chi connectivity index (χ1) is 6.97. The van der Waals surface area contributed by atoms with E-state index in [1.165, 1.54) is 6.07 Å². The highest BCUT2D eigenvalue weighted by atomic mass is 16.4. The minimum atomic E-state index is -1.22. The molecule has 1 rings (SSSR count). The molecule has 0 saturated carbocycles. The maximum Gasteiger partial charge on any atom is 0.339 e. The van der Waals surface area contributed by atoms with E-state index in [0.717, 1.165) is 0 Å². The summed E-state index contributed by atoms with van der Waals surface area (Å²) in [5, 5.41) is 27.3. The van der Waals surface area contributed by atoms with Crippen molar-refractivity contribution in [1.82, 2.24) is 0 Å². The lowest BCUT2D eigenvalue weighted by Gasteiger charge is -2.13. The number of nitrogens with two attached hydrogens (primary N) is 1. The van der Waals surface area contributed by atoms with Crippen molar-refractivity contribution in [2.24, 2.45) is 5.73 Å². The third-order valence-electron chi connectivity index (χ3n) is 2.11. The Hall–Kier alpha value is -1.59. The van der Waals surface area contributed by atoms with Crippen LogP contribution in [0.25, 0.3) is 0 Å². The lowest BCUT2D eigenvalue weighted by Crippen LogP contribution is -2.16. The Morgan fingerprint density at radius 2 is 2.13 bits per heavy atom. The molecule has 1 aromatic rings. The molecule has 0 saturated heterocycles. The molecule has 15 heavy (non-hydrogen) atoms. The summed E-state index contributed by atoms with van der Waals surface area (Å²) in [7, 11) is 0. The van der Waals surface area contributed by atoms with Crippen LogP contribution in [-0.4, -0.2) is 27.9 Å². The first-order valence-electron chi connectivity index (χ1n) is 4.40. The predicted octanol–water partition coefficient (Wildman–Crippen LogP) is 0.391. The Morgan fingerprint density at radius 3 is 2.60 bits per heavy atom. The Balaban J connectivity index is 3.34. The van der Waals surface area contributed by atoms with Crippen LogP contribution < -0.4 is 5.73 Å². The predicted molar refractivity (Wildman–Crippen MR) is 53.8 cm³/mol. The van der Waals surface area contributed by atoms with Crippen LogP contribution in [0, 0.1) is 6.92 Å². The van der Waals surface area contributed by atoms with E-state index in [2.05, 4.69) is 0 Å². The van der Waals surface area contributed by atoms with Crippen molar-refractivity contribution in [3.63, 3.8) is 0 Å². The number of hydrogen-bond donors (Lipinski definition) is 4. The van der Waals surface area contributed by atoms with Gasteiger partial charge in [-0.1, -0.05) is 6.07 Å². The number of carbonyl (C=O) groups is 1. The number of aromatic carboxylic acids is 1. The molecule has 0 unspecified atom stereocenters. The third-order valence-corrected chi connectivity index (χ3v) is 2.11. The maximum absolute atomic E-state index is 10.8. The van der Waals surface area contributed by atoms with Gasteiger partial charge in [0, 0.05) is 5.56 Å².